The molecule has 0 bridgehead atoms. The minimum Gasteiger partial charge on any atom is -0.490 e. The molecule has 0 heterocycles. The first-order valence-corrected chi connectivity index (χ1v) is 17.4. The van der Waals surface area contributed by atoms with Crippen LogP contribution in [-0.4, -0.2) is 44.0 Å². The summed E-state index contributed by atoms with van der Waals surface area (Å²) in [6.07, 6.45) is 0.374. The van der Waals surface area contributed by atoms with Gasteiger partial charge < -0.3 is 20.3 Å². The monoisotopic (exact) mass is 652 g/mol. The fraction of sp³-hybridized carbons (Fsp3) is 0.444. The van der Waals surface area contributed by atoms with E-state index in [2.05, 4.69) is 4.72 Å². The molecule has 0 aromatic heterocycles. The van der Waals surface area contributed by atoms with Crippen molar-refractivity contribution in [1.29, 1.82) is 0 Å². The molecule has 3 aromatic carbocycles. The Balaban J connectivity index is 2.00. The molecule has 2 amide bonds. The van der Waals surface area contributed by atoms with E-state index in [1.165, 1.54) is 0 Å². The molecule has 4 N–H and O–H groups in total. The number of ether oxygens (including phenoxy) is 2. The van der Waals surface area contributed by atoms with Gasteiger partial charge in [0.1, 0.15) is 12.4 Å². The van der Waals surface area contributed by atoms with Crippen LogP contribution in [0.2, 0.25) is 0 Å². The summed E-state index contributed by atoms with van der Waals surface area (Å²) in [6.45, 7) is 11.7. The first-order chi connectivity index (χ1) is 21.6. The molecule has 0 aliphatic carbocycles. The van der Waals surface area contributed by atoms with Crippen LogP contribution in [-0.2, 0) is 20.2 Å². The Morgan fingerprint density at radius 2 is 1.57 bits per heavy atom. The fourth-order valence-electron chi connectivity index (χ4n) is 5.55. The molecular weight excluding hydrogens is 604 g/mol. The molecule has 0 aliphatic rings. The van der Waals surface area contributed by atoms with Gasteiger partial charge in [0.2, 0.25) is 10.0 Å². The third kappa shape index (κ3) is 9.56. The van der Waals surface area contributed by atoms with E-state index in [1.54, 1.807) is 18.2 Å². The van der Waals surface area contributed by atoms with Gasteiger partial charge in [-0.25, -0.2) is 17.9 Å². The zero-order chi connectivity index (χ0) is 34.1. The van der Waals surface area contributed by atoms with Crippen molar-refractivity contribution in [2.75, 3.05) is 12.4 Å². The van der Waals surface area contributed by atoms with Gasteiger partial charge in [0, 0.05) is 5.41 Å². The van der Waals surface area contributed by atoms with Crippen LogP contribution in [0.1, 0.15) is 94.8 Å². The number of nitrogens with one attached hydrogen (secondary N) is 1. The van der Waals surface area contributed by atoms with E-state index in [9.17, 15) is 23.1 Å². The van der Waals surface area contributed by atoms with Crippen molar-refractivity contribution in [2.45, 2.75) is 84.8 Å². The van der Waals surface area contributed by atoms with Crippen LogP contribution in [0.15, 0.2) is 72.8 Å². The number of carbonyl (C=O) groups excluding carboxylic acids is 2. The number of aliphatic hydroxyl groups is 1. The summed E-state index contributed by atoms with van der Waals surface area (Å²) in [7, 11) is -3.79. The van der Waals surface area contributed by atoms with Crippen molar-refractivity contribution >= 4 is 22.0 Å². The van der Waals surface area contributed by atoms with E-state index < -0.39 is 39.0 Å². The maximum absolute atomic E-state index is 13.1. The van der Waals surface area contributed by atoms with Crippen LogP contribution in [0.4, 0.5) is 4.79 Å². The number of amides is 2. The Bertz CT molecular complexity index is 1570. The number of primary amides is 1. The second-order valence-corrected chi connectivity index (χ2v) is 14.8. The molecule has 3 aromatic rings. The van der Waals surface area contributed by atoms with Crippen molar-refractivity contribution in [3.63, 3.8) is 0 Å². The Morgan fingerprint density at radius 3 is 2.13 bits per heavy atom. The molecule has 9 nitrogen and oxygen atoms in total. The number of unbranched alkanes of at least 4 members (excludes halogenated alkanes) is 2. The summed E-state index contributed by atoms with van der Waals surface area (Å²) >= 11 is 0. The highest BCUT2D eigenvalue weighted by atomic mass is 32.2. The fourth-order valence-corrected chi connectivity index (χ4v) is 6.62. The van der Waals surface area contributed by atoms with Crippen molar-refractivity contribution < 1.29 is 32.6 Å². The maximum atomic E-state index is 13.1. The standard InChI is InChI=1S/C36H48N2O7S/c1-7-8-12-21-46(42,43)38-33(40)30-20-17-28(22-32(30)45-25(2)3)26-15-18-29(19-16-26)36(35(4,5)6,24-44-34(37)41)23-31(39)27-13-10-9-11-14-27/h9-11,13-20,22,25,31,39H,7-8,12,21,23-24H2,1-6H3,(H2,37,41)(H,38,40)/t31-,36?/m1/s1. The van der Waals surface area contributed by atoms with E-state index in [-0.39, 0.29) is 36.2 Å². The van der Waals surface area contributed by atoms with Gasteiger partial charge in [-0.1, -0.05) is 101 Å². The molecule has 10 heteroatoms. The number of sulfonamides is 1. The van der Waals surface area contributed by atoms with Gasteiger partial charge in [-0.3, -0.25) is 4.79 Å². The van der Waals surface area contributed by atoms with Crippen LogP contribution in [0.3, 0.4) is 0 Å². The van der Waals surface area contributed by atoms with E-state index in [0.717, 1.165) is 35.1 Å². The molecule has 2 atom stereocenters. The van der Waals surface area contributed by atoms with E-state index in [1.807, 2.05) is 96.1 Å². The topological polar surface area (TPSA) is 145 Å². The first kappa shape index (κ1) is 36.6. The molecule has 0 fully saturated rings. The molecule has 1 unspecified atom stereocenters. The number of benzene rings is 3. The number of rotatable bonds is 15. The highest BCUT2D eigenvalue weighted by Crippen LogP contribution is 2.48. The zero-order valence-electron chi connectivity index (χ0n) is 27.7. The number of nitrogens with two attached hydrogens (primary N) is 1. The predicted octanol–water partition coefficient (Wildman–Crippen LogP) is 6.89. The van der Waals surface area contributed by atoms with E-state index in [0.29, 0.717) is 6.42 Å². The lowest BCUT2D eigenvalue weighted by molar-refractivity contribution is 0.0224. The molecule has 3 rings (SSSR count). The van der Waals surface area contributed by atoms with Crippen molar-refractivity contribution in [2.24, 2.45) is 11.1 Å². The molecule has 0 radical (unpaired) electrons. The minimum absolute atomic E-state index is 0.0351. The summed E-state index contributed by atoms with van der Waals surface area (Å²) in [5.41, 5.74) is 7.42. The molecule has 0 aliphatic heterocycles. The van der Waals surface area contributed by atoms with Gasteiger partial charge in [0.25, 0.3) is 5.91 Å². The van der Waals surface area contributed by atoms with E-state index in [4.69, 9.17) is 15.2 Å². The van der Waals surface area contributed by atoms with Crippen LogP contribution in [0.25, 0.3) is 11.1 Å². The zero-order valence-corrected chi connectivity index (χ0v) is 28.5. The highest BCUT2D eigenvalue weighted by molar-refractivity contribution is 7.90. The van der Waals surface area contributed by atoms with Crippen molar-refractivity contribution in [3.05, 3.63) is 89.5 Å². The third-order valence-corrected chi connectivity index (χ3v) is 9.57. The first-order valence-electron chi connectivity index (χ1n) is 15.7. The smallest absolute Gasteiger partial charge is 0.404 e. The van der Waals surface area contributed by atoms with Crippen molar-refractivity contribution in [3.8, 4) is 16.9 Å². The Labute approximate surface area is 273 Å². The van der Waals surface area contributed by atoms with E-state index >= 15 is 0 Å². The number of hydrogen-bond acceptors (Lipinski definition) is 7. The van der Waals surface area contributed by atoms with Crippen LogP contribution >= 0.6 is 0 Å². The molecule has 250 valence electrons. The van der Waals surface area contributed by atoms with Gasteiger partial charge in [-0.05, 0) is 66.5 Å². The lowest BCUT2D eigenvalue weighted by Crippen LogP contribution is -2.46. The Hall–Kier alpha value is -3.89. The normalized spacial score (nSPS) is 13.9. The lowest BCUT2D eigenvalue weighted by atomic mass is 9.60. The SMILES string of the molecule is CCCCCS(=O)(=O)NC(=O)c1ccc(-c2ccc(C(COC(N)=O)(C[C@@H](O)c3ccccc3)C(C)(C)C)cc2)cc1OC(C)C. The predicted molar refractivity (Wildman–Crippen MR) is 181 cm³/mol. The summed E-state index contributed by atoms with van der Waals surface area (Å²) < 4.78 is 38.6. The van der Waals surface area contributed by atoms with Gasteiger partial charge >= 0.3 is 6.09 Å². The Morgan fingerprint density at radius 1 is 0.935 bits per heavy atom. The van der Waals surface area contributed by atoms with Gasteiger partial charge in [0.05, 0.1) is 23.5 Å². The summed E-state index contributed by atoms with van der Waals surface area (Å²) in [5.74, 6) is -0.599. The number of aliphatic hydroxyl groups excluding tert-OH is 1. The second-order valence-electron chi connectivity index (χ2n) is 13.0. The minimum atomic E-state index is -3.79. The molecule has 0 saturated heterocycles. The lowest BCUT2D eigenvalue weighted by Gasteiger charge is -2.46. The molecule has 46 heavy (non-hydrogen) atoms. The largest absolute Gasteiger partial charge is 0.490 e. The van der Waals surface area contributed by atoms with Crippen LogP contribution in [0, 0.1) is 5.41 Å². The quantitative estimate of drug-likeness (QED) is 0.152. The van der Waals surface area contributed by atoms with Gasteiger partial charge in [-0.2, -0.15) is 0 Å². The summed E-state index contributed by atoms with van der Waals surface area (Å²) in [4.78, 5) is 24.8. The van der Waals surface area contributed by atoms with Crippen LogP contribution in [0.5, 0.6) is 5.75 Å². The average Bonchev–Trinajstić information content (AvgIpc) is 2.98. The number of hydrogen-bond donors (Lipinski definition) is 3. The Kier molecular flexibility index (Phi) is 12.4. The van der Waals surface area contributed by atoms with Gasteiger partial charge in [0.15, 0.2) is 0 Å². The van der Waals surface area contributed by atoms with Crippen molar-refractivity contribution in [1.82, 2.24) is 4.72 Å². The number of carbonyl (C=O) groups is 2. The molecule has 0 spiro atoms. The third-order valence-electron chi connectivity index (χ3n) is 8.25. The second kappa shape index (κ2) is 15.6. The molecule has 0 saturated carbocycles. The van der Waals surface area contributed by atoms with Gasteiger partial charge in [-0.15, -0.1) is 0 Å². The summed E-state index contributed by atoms with van der Waals surface area (Å²) in [6, 6.07) is 22.1. The van der Waals surface area contributed by atoms with Crippen LogP contribution < -0.4 is 15.2 Å². The summed E-state index contributed by atoms with van der Waals surface area (Å²) in [5, 5.41) is 11.3. The highest BCUT2D eigenvalue weighted by Gasteiger charge is 2.46. The maximum Gasteiger partial charge on any atom is 0.404 e. The molecular formula is C36H48N2O7S. The average molecular weight is 653 g/mol.